The summed E-state index contributed by atoms with van der Waals surface area (Å²) in [4.78, 5) is 16.0. The highest BCUT2D eigenvalue weighted by molar-refractivity contribution is 7.09. The average Bonchev–Trinajstić information content (AvgIpc) is 2.82. The molecule has 0 bridgehead atoms. The topological polar surface area (TPSA) is 77.2 Å². The van der Waals surface area contributed by atoms with Crippen molar-refractivity contribution in [2.24, 2.45) is 5.73 Å². The number of hydrogen-bond donors (Lipinski definition) is 2. The molecule has 1 rings (SSSR count). The fourth-order valence-corrected chi connectivity index (χ4v) is 2.29. The highest BCUT2D eigenvalue weighted by Crippen LogP contribution is 2.09. The summed E-state index contributed by atoms with van der Waals surface area (Å²) in [5, 5.41) is 5.57. The molecule has 1 heterocycles. The van der Waals surface area contributed by atoms with Gasteiger partial charge < -0.3 is 15.8 Å². The third-order valence-corrected chi connectivity index (χ3v) is 3.36. The first-order valence-electron chi connectivity index (χ1n) is 6.19. The molecule has 1 amide bonds. The Morgan fingerprint density at radius 1 is 1.47 bits per heavy atom. The van der Waals surface area contributed by atoms with Gasteiger partial charge in [0.1, 0.15) is 5.69 Å². The second kappa shape index (κ2) is 11.2. The van der Waals surface area contributed by atoms with E-state index in [0.717, 1.165) is 37.3 Å². The maximum Gasteiger partial charge on any atom is 0.270 e. The van der Waals surface area contributed by atoms with Crippen LogP contribution in [0.1, 0.15) is 34.8 Å². The van der Waals surface area contributed by atoms with Crippen LogP contribution in [0.2, 0.25) is 0 Å². The Kier molecular flexibility index (Phi) is 10.8. The fraction of sp³-hybridized carbons (Fsp3) is 0.667. The van der Waals surface area contributed by atoms with E-state index in [1.165, 1.54) is 11.3 Å². The van der Waals surface area contributed by atoms with Crippen LogP contribution in [0.3, 0.4) is 0 Å². The van der Waals surface area contributed by atoms with E-state index in [-0.39, 0.29) is 18.3 Å². The van der Waals surface area contributed by atoms with Gasteiger partial charge in [-0.3, -0.25) is 4.79 Å². The Morgan fingerprint density at radius 3 is 2.95 bits per heavy atom. The maximum absolute atomic E-state index is 11.7. The predicted molar refractivity (Wildman–Crippen MR) is 80.2 cm³/mol. The average molecular weight is 308 g/mol. The van der Waals surface area contributed by atoms with Gasteiger partial charge in [0.2, 0.25) is 0 Å². The molecule has 19 heavy (non-hydrogen) atoms. The zero-order chi connectivity index (χ0) is 13.2. The minimum atomic E-state index is -0.0961. The van der Waals surface area contributed by atoms with E-state index in [2.05, 4.69) is 10.3 Å². The van der Waals surface area contributed by atoms with Gasteiger partial charge in [-0.15, -0.1) is 23.7 Å². The van der Waals surface area contributed by atoms with Crippen molar-refractivity contribution in [1.29, 1.82) is 0 Å². The number of amides is 1. The number of nitrogens with zero attached hydrogens (tertiary/aromatic N) is 1. The molecule has 0 aliphatic carbocycles. The van der Waals surface area contributed by atoms with E-state index >= 15 is 0 Å². The van der Waals surface area contributed by atoms with Crippen molar-refractivity contribution in [3.05, 3.63) is 16.1 Å². The summed E-state index contributed by atoms with van der Waals surface area (Å²) in [5.74, 6) is -0.0961. The molecule has 3 N–H and O–H groups in total. The van der Waals surface area contributed by atoms with E-state index < -0.39 is 0 Å². The van der Waals surface area contributed by atoms with E-state index in [9.17, 15) is 4.79 Å². The fourth-order valence-electron chi connectivity index (χ4n) is 1.49. The first kappa shape index (κ1) is 18.3. The number of ether oxygens (including phenoxy) is 1. The lowest BCUT2D eigenvalue weighted by Gasteiger charge is -2.03. The molecule has 0 saturated carbocycles. The summed E-state index contributed by atoms with van der Waals surface area (Å²) in [6.07, 6.45) is 3.79. The maximum atomic E-state index is 11.7. The summed E-state index contributed by atoms with van der Waals surface area (Å²) in [5.41, 5.74) is 5.94. The summed E-state index contributed by atoms with van der Waals surface area (Å²) in [6, 6.07) is 0. The molecule has 110 valence electrons. The normalized spacial score (nSPS) is 10.0. The summed E-state index contributed by atoms with van der Waals surface area (Å²) >= 11 is 1.48. The Hall–Kier alpha value is -0.690. The number of carbonyl (C=O) groups is 1. The monoisotopic (exact) mass is 307 g/mol. The van der Waals surface area contributed by atoms with Gasteiger partial charge in [-0.2, -0.15) is 0 Å². The summed E-state index contributed by atoms with van der Waals surface area (Å²) < 4.78 is 4.96. The Labute approximate surface area is 124 Å². The van der Waals surface area contributed by atoms with Gasteiger partial charge in [0, 0.05) is 32.1 Å². The van der Waals surface area contributed by atoms with Gasteiger partial charge in [0.05, 0.1) is 5.01 Å². The number of halogens is 1. The molecule has 0 saturated heterocycles. The summed E-state index contributed by atoms with van der Waals surface area (Å²) in [6.45, 7) is 2.03. The number of thiazole rings is 1. The number of hydrogen-bond acceptors (Lipinski definition) is 5. The molecule has 0 aliphatic heterocycles. The Morgan fingerprint density at radius 2 is 2.26 bits per heavy atom. The van der Waals surface area contributed by atoms with Gasteiger partial charge in [0.25, 0.3) is 5.91 Å². The van der Waals surface area contributed by atoms with Crippen molar-refractivity contribution in [1.82, 2.24) is 10.3 Å². The molecule has 0 aliphatic rings. The first-order valence-corrected chi connectivity index (χ1v) is 7.07. The molecule has 0 spiro atoms. The van der Waals surface area contributed by atoms with E-state index in [4.69, 9.17) is 10.5 Å². The van der Waals surface area contributed by atoms with Gasteiger partial charge in [-0.1, -0.05) is 0 Å². The van der Waals surface area contributed by atoms with E-state index in [1.807, 2.05) is 0 Å². The number of unbranched alkanes of at least 4 members (excludes halogenated alkanes) is 2. The summed E-state index contributed by atoms with van der Waals surface area (Å²) in [7, 11) is 1.70. The van der Waals surface area contributed by atoms with Crippen LogP contribution in [0.5, 0.6) is 0 Å². The van der Waals surface area contributed by atoms with Crippen molar-refractivity contribution < 1.29 is 9.53 Å². The van der Waals surface area contributed by atoms with Crippen molar-refractivity contribution >= 4 is 29.7 Å². The molecular formula is C12H22ClN3O2S. The Balaban J connectivity index is 0.00000324. The van der Waals surface area contributed by atoms with Crippen LogP contribution in [0.15, 0.2) is 5.38 Å². The molecule has 0 aromatic carbocycles. The molecule has 5 nitrogen and oxygen atoms in total. The van der Waals surface area contributed by atoms with Gasteiger partial charge in [-0.25, -0.2) is 4.98 Å². The SMILES string of the molecule is COCCCCCNC(=O)c1csc(CCN)n1.Cl. The minimum Gasteiger partial charge on any atom is -0.385 e. The molecule has 0 unspecified atom stereocenters. The second-order valence-electron chi connectivity index (χ2n) is 3.97. The van der Waals surface area contributed by atoms with Crippen molar-refractivity contribution in [2.75, 3.05) is 26.8 Å². The van der Waals surface area contributed by atoms with Crippen LogP contribution in [0.4, 0.5) is 0 Å². The first-order chi connectivity index (χ1) is 8.77. The van der Waals surface area contributed by atoms with Crippen LogP contribution < -0.4 is 11.1 Å². The highest BCUT2D eigenvalue weighted by Gasteiger charge is 2.09. The van der Waals surface area contributed by atoms with Gasteiger partial charge in [-0.05, 0) is 25.8 Å². The van der Waals surface area contributed by atoms with E-state index in [1.54, 1.807) is 12.5 Å². The van der Waals surface area contributed by atoms with Crippen molar-refractivity contribution in [3.63, 3.8) is 0 Å². The highest BCUT2D eigenvalue weighted by atomic mass is 35.5. The van der Waals surface area contributed by atoms with Crippen LogP contribution in [-0.4, -0.2) is 37.7 Å². The molecule has 0 radical (unpaired) electrons. The number of aromatic nitrogens is 1. The lowest BCUT2D eigenvalue weighted by Crippen LogP contribution is -2.24. The standard InChI is InChI=1S/C12H21N3O2S.ClH/c1-17-8-4-2-3-7-14-12(16)10-9-18-11(15-10)5-6-13;/h9H,2-8,13H2,1H3,(H,14,16);1H. The molecule has 0 fully saturated rings. The van der Waals surface area contributed by atoms with E-state index in [0.29, 0.717) is 18.8 Å². The lowest BCUT2D eigenvalue weighted by molar-refractivity contribution is 0.0948. The van der Waals surface area contributed by atoms with Crippen LogP contribution in [-0.2, 0) is 11.2 Å². The Bertz CT molecular complexity index is 360. The van der Waals surface area contributed by atoms with Gasteiger partial charge >= 0.3 is 0 Å². The third-order valence-electron chi connectivity index (χ3n) is 2.45. The lowest BCUT2D eigenvalue weighted by atomic mass is 10.2. The zero-order valence-corrected chi connectivity index (χ0v) is 12.8. The number of rotatable bonds is 9. The molecule has 1 aromatic rings. The number of nitrogens with one attached hydrogen (secondary N) is 1. The molecular weight excluding hydrogens is 286 g/mol. The molecule has 1 aromatic heterocycles. The number of nitrogens with two attached hydrogens (primary N) is 1. The van der Waals surface area contributed by atoms with Crippen LogP contribution >= 0.6 is 23.7 Å². The van der Waals surface area contributed by atoms with Crippen LogP contribution in [0.25, 0.3) is 0 Å². The minimum absolute atomic E-state index is 0. The largest absolute Gasteiger partial charge is 0.385 e. The zero-order valence-electron chi connectivity index (χ0n) is 11.2. The number of carbonyl (C=O) groups excluding carboxylic acids is 1. The smallest absolute Gasteiger partial charge is 0.270 e. The molecule has 0 atom stereocenters. The van der Waals surface area contributed by atoms with Crippen LogP contribution in [0, 0.1) is 0 Å². The molecule has 7 heteroatoms. The van der Waals surface area contributed by atoms with Gasteiger partial charge in [0.15, 0.2) is 0 Å². The predicted octanol–water partition coefficient (Wildman–Crippen LogP) is 1.61. The second-order valence-corrected chi connectivity index (χ2v) is 4.92. The number of methoxy groups -OCH3 is 1. The van der Waals surface area contributed by atoms with Crippen molar-refractivity contribution in [2.45, 2.75) is 25.7 Å². The third kappa shape index (κ3) is 7.47. The quantitative estimate of drug-likeness (QED) is 0.680. The van der Waals surface area contributed by atoms with Crippen molar-refractivity contribution in [3.8, 4) is 0 Å².